The highest BCUT2D eigenvalue weighted by molar-refractivity contribution is 5.89. The van der Waals surface area contributed by atoms with Gasteiger partial charge in [0.25, 0.3) is 0 Å². The normalized spacial score (nSPS) is 10.6. The average molecular weight is 324 g/mol. The SMILES string of the molecule is CCCc1coc2ccc(Oc3ccc(NC(=O)NC)cc3)cc12. The first kappa shape index (κ1) is 15.9. The van der Waals surface area contributed by atoms with E-state index < -0.39 is 0 Å². The number of benzene rings is 2. The number of carbonyl (C=O) groups excluding carboxylic acids is 1. The quantitative estimate of drug-likeness (QED) is 0.699. The molecule has 24 heavy (non-hydrogen) atoms. The molecule has 0 aliphatic heterocycles. The van der Waals surface area contributed by atoms with Crippen molar-refractivity contribution in [2.45, 2.75) is 19.8 Å². The highest BCUT2D eigenvalue weighted by Gasteiger charge is 2.07. The highest BCUT2D eigenvalue weighted by Crippen LogP contribution is 2.29. The molecule has 0 radical (unpaired) electrons. The van der Waals surface area contributed by atoms with E-state index in [1.165, 1.54) is 5.56 Å². The summed E-state index contributed by atoms with van der Waals surface area (Å²) in [6.07, 6.45) is 3.87. The first-order valence-electron chi connectivity index (χ1n) is 7.96. The third-order valence-electron chi connectivity index (χ3n) is 3.72. The maximum absolute atomic E-state index is 11.3. The van der Waals surface area contributed by atoms with Crippen molar-refractivity contribution < 1.29 is 13.9 Å². The number of furan rings is 1. The summed E-state index contributed by atoms with van der Waals surface area (Å²) < 4.78 is 11.5. The van der Waals surface area contributed by atoms with Crippen LogP contribution in [0.4, 0.5) is 10.5 Å². The van der Waals surface area contributed by atoms with Crippen LogP contribution in [0.15, 0.2) is 53.1 Å². The molecule has 0 saturated heterocycles. The molecular weight excluding hydrogens is 304 g/mol. The van der Waals surface area contributed by atoms with Gasteiger partial charge in [-0.2, -0.15) is 0 Å². The van der Waals surface area contributed by atoms with Gasteiger partial charge in [0, 0.05) is 18.1 Å². The van der Waals surface area contributed by atoms with Crippen molar-refractivity contribution >= 4 is 22.7 Å². The van der Waals surface area contributed by atoms with Crippen LogP contribution in [0.2, 0.25) is 0 Å². The van der Waals surface area contributed by atoms with Gasteiger partial charge in [0.2, 0.25) is 0 Å². The molecule has 0 aliphatic rings. The van der Waals surface area contributed by atoms with E-state index in [1.807, 2.05) is 36.6 Å². The van der Waals surface area contributed by atoms with E-state index in [2.05, 4.69) is 17.6 Å². The molecule has 0 saturated carbocycles. The van der Waals surface area contributed by atoms with Crippen molar-refractivity contribution in [2.24, 2.45) is 0 Å². The molecule has 0 fully saturated rings. The number of aryl methyl sites for hydroxylation is 1. The lowest BCUT2D eigenvalue weighted by Gasteiger charge is -2.08. The predicted octanol–water partition coefficient (Wildman–Crippen LogP) is 4.93. The lowest BCUT2D eigenvalue weighted by atomic mass is 10.1. The zero-order chi connectivity index (χ0) is 16.9. The van der Waals surface area contributed by atoms with E-state index in [1.54, 1.807) is 19.2 Å². The van der Waals surface area contributed by atoms with E-state index in [0.717, 1.165) is 29.6 Å². The van der Waals surface area contributed by atoms with Crippen molar-refractivity contribution in [2.75, 3.05) is 12.4 Å². The van der Waals surface area contributed by atoms with Crippen LogP contribution in [-0.2, 0) is 6.42 Å². The second-order valence-electron chi connectivity index (χ2n) is 5.50. The smallest absolute Gasteiger partial charge is 0.318 e. The van der Waals surface area contributed by atoms with Crippen LogP contribution in [0.3, 0.4) is 0 Å². The fraction of sp³-hybridized carbons (Fsp3) is 0.211. The third-order valence-corrected chi connectivity index (χ3v) is 3.72. The van der Waals surface area contributed by atoms with E-state index >= 15 is 0 Å². The van der Waals surface area contributed by atoms with E-state index in [0.29, 0.717) is 11.4 Å². The van der Waals surface area contributed by atoms with Crippen LogP contribution < -0.4 is 15.4 Å². The Morgan fingerprint density at radius 3 is 2.58 bits per heavy atom. The summed E-state index contributed by atoms with van der Waals surface area (Å²) in [6.45, 7) is 2.15. The van der Waals surface area contributed by atoms with Gasteiger partial charge in [-0.25, -0.2) is 4.79 Å². The molecule has 1 aromatic heterocycles. The molecule has 2 aromatic carbocycles. The molecule has 2 N–H and O–H groups in total. The highest BCUT2D eigenvalue weighted by atomic mass is 16.5. The summed E-state index contributed by atoms with van der Waals surface area (Å²) in [5, 5.41) is 6.30. The molecule has 0 unspecified atom stereocenters. The van der Waals surface area contributed by atoms with Crippen molar-refractivity contribution in [1.29, 1.82) is 0 Å². The number of amides is 2. The third kappa shape index (κ3) is 3.51. The van der Waals surface area contributed by atoms with Crippen molar-refractivity contribution in [3.8, 4) is 11.5 Å². The van der Waals surface area contributed by atoms with Crippen molar-refractivity contribution in [3.63, 3.8) is 0 Å². The number of nitrogens with one attached hydrogen (secondary N) is 2. The van der Waals surface area contributed by atoms with Crippen LogP contribution in [0, 0.1) is 0 Å². The van der Waals surface area contributed by atoms with E-state index in [9.17, 15) is 4.79 Å². The number of hydrogen-bond acceptors (Lipinski definition) is 3. The minimum atomic E-state index is -0.252. The summed E-state index contributed by atoms with van der Waals surface area (Å²) in [7, 11) is 1.58. The summed E-state index contributed by atoms with van der Waals surface area (Å²) in [4.78, 5) is 11.3. The van der Waals surface area contributed by atoms with Crippen LogP contribution in [0.5, 0.6) is 11.5 Å². The molecule has 3 rings (SSSR count). The Kier molecular flexibility index (Phi) is 4.70. The number of rotatable bonds is 5. The number of carbonyl (C=O) groups is 1. The first-order chi connectivity index (χ1) is 11.7. The fourth-order valence-corrected chi connectivity index (χ4v) is 2.52. The number of fused-ring (bicyclic) bond motifs is 1. The van der Waals surface area contributed by atoms with Gasteiger partial charge in [-0.05, 0) is 54.4 Å². The second-order valence-corrected chi connectivity index (χ2v) is 5.50. The largest absolute Gasteiger partial charge is 0.464 e. The second kappa shape index (κ2) is 7.08. The van der Waals surface area contributed by atoms with Gasteiger partial charge >= 0.3 is 6.03 Å². The van der Waals surface area contributed by atoms with Crippen molar-refractivity contribution in [1.82, 2.24) is 5.32 Å². The Hall–Kier alpha value is -2.95. The van der Waals surface area contributed by atoms with Crippen LogP contribution >= 0.6 is 0 Å². The first-order valence-corrected chi connectivity index (χ1v) is 7.96. The maximum atomic E-state index is 11.3. The van der Waals surface area contributed by atoms with Gasteiger partial charge in [0.05, 0.1) is 6.26 Å². The molecule has 2 amide bonds. The minimum absolute atomic E-state index is 0.252. The molecule has 1 heterocycles. The Bertz CT molecular complexity index is 837. The Morgan fingerprint density at radius 1 is 1.12 bits per heavy atom. The predicted molar refractivity (Wildman–Crippen MR) is 94.8 cm³/mol. The Balaban J connectivity index is 1.76. The maximum Gasteiger partial charge on any atom is 0.318 e. The molecule has 0 aliphatic carbocycles. The average Bonchev–Trinajstić information content (AvgIpc) is 2.99. The molecule has 124 valence electrons. The molecule has 0 bridgehead atoms. The summed E-state index contributed by atoms with van der Waals surface area (Å²) in [6, 6.07) is 12.8. The lowest BCUT2D eigenvalue weighted by molar-refractivity contribution is 0.254. The van der Waals surface area contributed by atoms with E-state index in [-0.39, 0.29) is 6.03 Å². The van der Waals surface area contributed by atoms with Gasteiger partial charge in [0.15, 0.2) is 0 Å². The number of anilines is 1. The Morgan fingerprint density at radius 2 is 1.88 bits per heavy atom. The molecule has 3 aromatic rings. The van der Waals surface area contributed by atoms with Crippen LogP contribution in [0.1, 0.15) is 18.9 Å². The molecular formula is C19H20N2O3. The molecule has 0 spiro atoms. The molecule has 5 heteroatoms. The fourth-order valence-electron chi connectivity index (χ4n) is 2.52. The monoisotopic (exact) mass is 324 g/mol. The summed E-state index contributed by atoms with van der Waals surface area (Å²) >= 11 is 0. The number of ether oxygens (including phenoxy) is 1. The number of urea groups is 1. The van der Waals surface area contributed by atoms with Crippen LogP contribution in [-0.4, -0.2) is 13.1 Å². The zero-order valence-electron chi connectivity index (χ0n) is 13.8. The van der Waals surface area contributed by atoms with Gasteiger partial charge < -0.3 is 19.8 Å². The lowest BCUT2D eigenvalue weighted by Crippen LogP contribution is -2.24. The van der Waals surface area contributed by atoms with Gasteiger partial charge in [-0.15, -0.1) is 0 Å². The number of hydrogen-bond donors (Lipinski definition) is 2. The van der Waals surface area contributed by atoms with Gasteiger partial charge in [-0.3, -0.25) is 0 Å². The zero-order valence-corrected chi connectivity index (χ0v) is 13.8. The van der Waals surface area contributed by atoms with Crippen molar-refractivity contribution in [3.05, 3.63) is 54.3 Å². The molecule has 0 atom stereocenters. The molecule has 5 nitrogen and oxygen atoms in total. The van der Waals surface area contributed by atoms with E-state index in [4.69, 9.17) is 9.15 Å². The van der Waals surface area contributed by atoms with Gasteiger partial charge in [0.1, 0.15) is 17.1 Å². The van der Waals surface area contributed by atoms with Gasteiger partial charge in [-0.1, -0.05) is 13.3 Å². The Labute approximate surface area is 140 Å². The topological polar surface area (TPSA) is 63.5 Å². The summed E-state index contributed by atoms with van der Waals surface area (Å²) in [5.74, 6) is 1.46. The standard InChI is InChI=1S/C19H20N2O3/c1-3-4-13-12-23-18-10-9-16(11-17(13)18)24-15-7-5-14(6-8-15)21-19(22)20-2/h5-12H,3-4H2,1-2H3,(H2,20,21,22). The van der Waals surface area contributed by atoms with Crippen LogP contribution in [0.25, 0.3) is 11.0 Å². The minimum Gasteiger partial charge on any atom is -0.464 e. The summed E-state index contributed by atoms with van der Waals surface area (Å²) in [5.41, 5.74) is 2.77.